The SMILES string of the molecule is C[C@@H]1CC([C@@H](C)NCc2ccccc2)C[C@H](C)C1. The Hall–Kier alpha value is -0.820. The Morgan fingerprint density at radius 3 is 2.28 bits per heavy atom. The van der Waals surface area contributed by atoms with Crippen LogP contribution in [0.1, 0.15) is 45.6 Å². The zero-order valence-electron chi connectivity index (χ0n) is 12.0. The van der Waals surface area contributed by atoms with Gasteiger partial charge in [-0.2, -0.15) is 0 Å². The van der Waals surface area contributed by atoms with Crippen molar-refractivity contribution in [3.05, 3.63) is 35.9 Å². The van der Waals surface area contributed by atoms with Gasteiger partial charge in [-0.3, -0.25) is 0 Å². The van der Waals surface area contributed by atoms with E-state index in [0.29, 0.717) is 6.04 Å². The minimum atomic E-state index is 0.635. The van der Waals surface area contributed by atoms with Crippen molar-refractivity contribution in [2.75, 3.05) is 0 Å². The number of hydrogen-bond acceptors (Lipinski definition) is 1. The van der Waals surface area contributed by atoms with Gasteiger partial charge in [0, 0.05) is 12.6 Å². The fraction of sp³-hybridized carbons (Fsp3) is 0.647. The minimum absolute atomic E-state index is 0.635. The molecule has 4 atom stereocenters. The van der Waals surface area contributed by atoms with Crippen molar-refractivity contribution in [1.82, 2.24) is 5.32 Å². The molecule has 1 aromatic carbocycles. The monoisotopic (exact) mass is 245 g/mol. The fourth-order valence-corrected chi connectivity index (χ4v) is 3.46. The Labute approximate surface area is 112 Å². The summed E-state index contributed by atoms with van der Waals surface area (Å²) in [6, 6.07) is 11.4. The third-order valence-electron chi connectivity index (χ3n) is 4.39. The quantitative estimate of drug-likeness (QED) is 0.836. The number of benzene rings is 1. The van der Waals surface area contributed by atoms with Gasteiger partial charge in [0.15, 0.2) is 0 Å². The maximum absolute atomic E-state index is 3.71. The van der Waals surface area contributed by atoms with E-state index in [4.69, 9.17) is 0 Å². The van der Waals surface area contributed by atoms with Gasteiger partial charge in [0.1, 0.15) is 0 Å². The predicted molar refractivity (Wildman–Crippen MR) is 78.4 cm³/mol. The van der Waals surface area contributed by atoms with Crippen LogP contribution in [0.5, 0.6) is 0 Å². The van der Waals surface area contributed by atoms with Crippen molar-refractivity contribution in [2.45, 2.75) is 52.6 Å². The Kier molecular flexibility index (Phi) is 4.82. The van der Waals surface area contributed by atoms with Crippen LogP contribution in [0.4, 0.5) is 0 Å². The second-order valence-corrected chi connectivity index (χ2v) is 6.33. The van der Waals surface area contributed by atoms with Gasteiger partial charge in [-0.25, -0.2) is 0 Å². The minimum Gasteiger partial charge on any atom is -0.310 e. The maximum Gasteiger partial charge on any atom is 0.0208 e. The molecule has 18 heavy (non-hydrogen) atoms. The van der Waals surface area contributed by atoms with Gasteiger partial charge in [0.25, 0.3) is 0 Å². The molecule has 1 aliphatic rings. The second kappa shape index (κ2) is 6.38. The van der Waals surface area contributed by atoms with Crippen LogP contribution in [0, 0.1) is 17.8 Å². The fourth-order valence-electron chi connectivity index (χ4n) is 3.46. The molecule has 1 fully saturated rings. The van der Waals surface area contributed by atoms with Gasteiger partial charge in [-0.1, -0.05) is 44.2 Å². The van der Waals surface area contributed by atoms with Gasteiger partial charge in [0.2, 0.25) is 0 Å². The summed E-state index contributed by atoms with van der Waals surface area (Å²) in [6.45, 7) is 8.18. The summed E-state index contributed by atoms with van der Waals surface area (Å²) in [7, 11) is 0. The summed E-state index contributed by atoms with van der Waals surface area (Å²) in [6.07, 6.45) is 4.21. The standard InChI is InChI=1S/C17H27N/c1-13-9-14(2)11-17(10-13)15(3)18-12-16-7-5-4-6-8-16/h4-8,13-15,17-18H,9-12H2,1-3H3/t13-,14+,15-,17?/m1/s1. The molecule has 0 amide bonds. The third kappa shape index (κ3) is 3.84. The van der Waals surface area contributed by atoms with E-state index in [1.54, 1.807) is 0 Å². The average molecular weight is 245 g/mol. The summed E-state index contributed by atoms with van der Waals surface area (Å²) in [5.74, 6) is 2.66. The molecule has 1 N–H and O–H groups in total. The average Bonchev–Trinajstić information content (AvgIpc) is 2.36. The van der Waals surface area contributed by atoms with E-state index in [-0.39, 0.29) is 0 Å². The van der Waals surface area contributed by atoms with Gasteiger partial charge >= 0.3 is 0 Å². The molecular weight excluding hydrogens is 218 g/mol. The first-order valence-corrected chi connectivity index (χ1v) is 7.42. The molecule has 0 aliphatic heterocycles. The number of nitrogens with one attached hydrogen (secondary N) is 1. The van der Waals surface area contributed by atoms with Crippen molar-refractivity contribution in [1.29, 1.82) is 0 Å². The summed E-state index contributed by atoms with van der Waals surface area (Å²) in [4.78, 5) is 0. The molecular formula is C17H27N. The van der Waals surface area contributed by atoms with E-state index in [1.807, 2.05) is 0 Å². The van der Waals surface area contributed by atoms with Crippen molar-refractivity contribution in [3.8, 4) is 0 Å². The van der Waals surface area contributed by atoms with Crippen LogP contribution in [0.2, 0.25) is 0 Å². The number of rotatable bonds is 4. The van der Waals surface area contributed by atoms with Gasteiger partial charge < -0.3 is 5.32 Å². The molecule has 1 nitrogen and oxygen atoms in total. The lowest BCUT2D eigenvalue weighted by molar-refractivity contribution is 0.182. The predicted octanol–water partition coefficient (Wildman–Crippen LogP) is 4.24. The summed E-state index contributed by atoms with van der Waals surface area (Å²) < 4.78 is 0. The molecule has 1 aliphatic carbocycles. The van der Waals surface area contributed by atoms with Crippen molar-refractivity contribution in [2.24, 2.45) is 17.8 Å². The van der Waals surface area contributed by atoms with E-state index in [9.17, 15) is 0 Å². The first kappa shape index (κ1) is 13.6. The summed E-state index contributed by atoms with van der Waals surface area (Å²) >= 11 is 0. The van der Waals surface area contributed by atoms with Crippen LogP contribution in [0.3, 0.4) is 0 Å². The highest BCUT2D eigenvalue weighted by Gasteiger charge is 2.27. The van der Waals surface area contributed by atoms with Crippen LogP contribution in [-0.4, -0.2) is 6.04 Å². The van der Waals surface area contributed by atoms with Crippen LogP contribution < -0.4 is 5.32 Å². The molecule has 0 spiro atoms. The Bertz CT molecular complexity index is 336. The molecule has 1 unspecified atom stereocenters. The van der Waals surface area contributed by atoms with Crippen LogP contribution >= 0.6 is 0 Å². The molecule has 0 radical (unpaired) electrons. The second-order valence-electron chi connectivity index (χ2n) is 6.33. The van der Waals surface area contributed by atoms with E-state index in [0.717, 1.165) is 24.3 Å². The van der Waals surface area contributed by atoms with Crippen molar-refractivity contribution in [3.63, 3.8) is 0 Å². The lowest BCUT2D eigenvalue weighted by Gasteiger charge is -2.35. The van der Waals surface area contributed by atoms with E-state index in [2.05, 4.69) is 56.4 Å². The number of hydrogen-bond donors (Lipinski definition) is 1. The van der Waals surface area contributed by atoms with E-state index < -0.39 is 0 Å². The van der Waals surface area contributed by atoms with Crippen LogP contribution in [0.15, 0.2) is 30.3 Å². The lowest BCUT2D eigenvalue weighted by atomic mass is 9.74. The van der Waals surface area contributed by atoms with Crippen molar-refractivity contribution >= 4 is 0 Å². The molecule has 100 valence electrons. The maximum atomic E-state index is 3.71. The molecule has 0 heterocycles. The first-order valence-electron chi connectivity index (χ1n) is 7.42. The molecule has 0 bridgehead atoms. The molecule has 2 rings (SSSR count). The first-order chi connectivity index (χ1) is 8.65. The third-order valence-corrected chi connectivity index (χ3v) is 4.39. The summed E-state index contributed by atoms with van der Waals surface area (Å²) in [5, 5.41) is 3.71. The highest BCUT2D eigenvalue weighted by molar-refractivity contribution is 5.14. The van der Waals surface area contributed by atoms with Crippen molar-refractivity contribution < 1.29 is 0 Å². The van der Waals surface area contributed by atoms with Crippen LogP contribution in [0.25, 0.3) is 0 Å². The molecule has 0 saturated heterocycles. The smallest absolute Gasteiger partial charge is 0.0208 e. The Morgan fingerprint density at radius 2 is 1.67 bits per heavy atom. The highest BCUT2D eigenvalue weighted by atomic mass is 14.9. The normalized spacial score (nSPS) is 30.1. The Morgan fingerprint density at radius 1 is 1.06 bits per heavy atom. The van der Waals surface area contributed by atoms with Gasteiger partial charge in [-0.05, 0) is 49.5 Å². The molecule has 1 aromatic rings. The zero-order chi connectivity index (χ0) is 13.0. The van der Waals surface area contributed by atoms with Gasteiger partial charge in [-0.15, -0.1) is 0 Å². The highest BCUT2D eigenvalue weighted by Crippen LogP contribution is 2.34. The van der Waals surface area contributed by atoms with E-state index in [1.165, 1.54) is 24.8 Å². The van der Waals surface area contributed by atoms with Crippen LogP contribution in [-0.2, 0) is 6.54 Å². The molecule has 1 heteroatoms. The topological polar surface area (TPSA) is 12.0 Å². The summed E-state index contributed by atoms with van der Waals surface area (Å²) in [5.41, 5.74) is 1.39. The molecule has 1 saturated carbocycles. The molecule has 0 aromatic heterocycles. The lowest BCUT2D eigenvalue weighted by Crippen LogP contribution is -2.37. The largest absolute Gasteiger partial charge is 0.310 e. The van der Waals surface area contributed by atoms with E-state index >= 15 is 0 Å². The van der Waals surface area contributed by atoms with Gasteiger partial charge in [0.05, 0.1) is 0 Å². The zero-order valence-corrected chi connectivity index (χ0v) is 12.0. The Balaban J connectivity index is 1.82.